The largest absolute Gasteiger partial charge is 0.493 e. The lowest BCUT2D eigenvalue weighted by molar-refractivity contribution is -0.140. The minimum Gasteiger partial charge on any atom is -0.493 e. The van der Waals surface area contributed by atoms with Crippen molar-refractivity contribution in [3.05, 3.63) is 23.8 Å². The number of nitrogens with two attached hydrogens (primary N) is 2. The van der Waals surface area contributed by atoms with Gasteiger partial charge in [-0.15, -0.1) is 0 Å². The number of nitrogens with one attached hydrogen (secondary N) is 1. The van der Waals surface area contributed by atoms with Crippen molar-refractivity contribution in [2.45, 2.75) is 38.5 Å². The highest BCUT2D eigenvalue weighted by Crippen LogP contribution is 2.23. The van der Waals surface area contributed by atoms with E-state index in [1.807, 2.05) is 0 Å². The highest BCUT2D eigenvalue weighted by molar-refractivity contribution is 5.95. The summed E-state index contributed by atoms with van der Waals surface area (Å²) in [5.74, 6) is 0.738. The van der Waals surface area contributed by atoms with E-state index in [-0.39, 0.29) is 11.9 Å². The van der Waals surface area contributed by atoms with Crippen molar-refractivity contribution in [2.24, 2.45) is 11.5 Å². The van der Waals surface area contributed by atoms with Gasteiger partial charge in [0.2, 0.25) is 0 Å². The Kier molecular flexibility index (Phi) is 12.5. The van der Waals surface area contributed by atoms with Gasteiger partial charge in [0, 0.05) is 24.6 Å². The fourth-order valence-electron chi connectivity index (χ4n) is 2.39. The van der Waals surface area contributed by atoms with Crippen LogP contribution in [-0.4, -0.2) is 51.8 Å². The third-order valence-corrected chi connectivity index (χ3v) is 3.95. The van der Waals surface area contributed by atoms with Crippen molar-refractivity contribution in [3.8, 4) is 11.5 Å². The van der Waals surface area contributed by atoms with Gasteiger partial charge >= 0.3 is 5.97 Å². The first kappa shape index (κ1) is 23.7. The van der Waals surface area contributed by atoms with Crippen molar-refractivity contribution >= 4 is 11.9 Å². The second-order valence-corrected chi connectivity index (χ2v) is 6.32. The molecule has 28 heavy (non-hydrogen) atoms. The Morgan fingerprint density at radius 2 is 1.50 bits per heavy atom. The van der Waals surface area contributed by atoms with Crippen molar-refractivity contribution in [1.82, 2.24) is 5.32 Å². The van der Waals surface area contributed by atoms with Crippen molar-refractivity contribution in [3.63, 3.8) is 0 Å². The summed E-state index contributed by atoms with van der Waals surface area (Å²) >= 11 is 0. The normalized spacial score (nSPS) is 10.4. The fourth-order valence-corrected chi connectivity index (χ4v) is 2.39. The van der Waals surface area contributed by atoms with Gasteiger partial charge in [0.25, 0.3) is 5.91 Å². The molecule has 0 bridgehead atoms. The first-order valence-electron chi connectivity index (χ1n) is 9.76. The van der Waals surface area contributed by atoms with E-state index in [4.69, 9.17) is 20.9 Å². The Balaban J connectivity index is 2.56. The fraction of sp³-hybridized carbons (Fsp3) is 0.600. The molecule has 1 rings (SSSR count). The molecule has 0 radical (unpaired) electrons. The lowest BCUT2D eigenvalue weighted by atomic mass is 10.1. The number of benzene rings is 1. The Hall–Kier alpha value is -2.32. The first-order valence-corrected chi connectivity index (χ1v) is 9.76. The summed E-state index contributed by atoms with van der Waals surface area (Å²) in [4.78, 5) is 23.5. The number of carbonyl (C=O) groups excluding carboxylic acids is 2. The van der Waals surface area contributed by atoms with Gasteiger partial charge in [0.1, 0.15) is 11.5 Å². The Morgan fingerprint density at radius 3 is 2.04 bits per heavy atom. The molecule has 158 valence electrons. The molecule has 0 aliphatic heterocycles. The highest BCUT2D eigenvalue weighted by Gasteiger charge is 2.10. The van der Waals surface area contributed by atoms with Crippen LogP contribution in [0.4, 0.5) is 0 Å². The summed E-state index contributed by atoms with van der Waals surface area (Å²) < 4.78 is 15.9. The maximum atomic E-state index is 12.5. The second-order valence-electron chi connectivity index (χ2n) is 6.32. The van der Waals surface area contributed by atoms with Gasteiger partial charge in [-0.25, -0.2) is 0 Å². The number of amides is 1. The van der Waals surface area contributed by atoms with Crippen molar-refractivity contribution < 1.29 is 23.8 Å². The molecule has 1 amide bonds. The van der Waals surface area contributed by atoms with E-state index in [2.05, 4.69) is 10.1 Å². The predicted molar refractivity (Wildman–Crippen MR) is 108 cm³/mol. The van der Waals surface area contributed by atoms with E-state index in [9.17, 15) is 9.59 Å². The standard InChI is InChI=1S/C20H33N3O5/c1-26-19(24)7-3-2-4-10-23-20(25)16-13-17(27-11-5-8-21)15-18(14-16)28-12-6-9-22/h13-15H,2-12,21-22H2,1H3,(H,23,25). The molecule has 0 saturated heterocycles. The van der Waals surface area contributed by atoms with Crippen LogP contribution in [0, 0.1) is 0 Å². The minimum atomic E-state index is -0.211. The van der Waals surface area contributed by atoms with Gasteiger partial charge in [0.15, 0.2) is 0 Å². The molecule has 0 unspecified atom stereocenters. The summed E-state index contributed by atoms with van der Waals surface area (Å²) in [6.07, 6.45) is 4.22. The number of unbranched alkanes of at least 4 members (excludes halogenated alkanes) is 2. The molecule has 0 fully saturated rings. The molecule has 1 aromatic rings. The molecular weight excluding hydrogens is 362 g/mol. The van der Waals surface area contributed by atoms with Crippen molar-refractivity contribution in [1.29, 1.82) is 0 Å². The van der Waals surface area contributed by atoms with E-state index < -0.39 is 0 Å². The SMILES string of the molecule is COC(=O)CCCCCNC(=O)c1cc(OCCCN)cc(OCCCN)c1. The number of methoxy groups -OCH3 is 1. The molecule has 0 atom stereocenters. The van der Waals surface area contributed by atoms with Crippen LogP contribution in [0.1, 0.15) is 48.9 Å². The molecule has 0 aromatic heterocycles. The van der Waals surface area contributed by atoms with Crippen LogP contribution in [0.3, 0.4) is 0 Å². The van der Waals surface area contributed by atoms with E-state index in [1.165, 1.54) is 7.11 Å². The van der Waals surface area contributed by atoms with Crippen LogP contribution >= 0.6 is 0 Å². The van der Waals surface area contributed by atoms with E-state index >= 15 is 0 Å². The number of hydrogen-bond acceptors (Lipinski definition) is 7. The van der Waals surface area contributed by atoms with Gasteiger partial charge in [0.05, 0.1) is 20.3 Å². The monoisotopic (exact) mass is 395 g/mol. The number of ether oxygens (including phenoxy) is 3. The molecule has 5 N–H and O–H groups in total. The summed E-state index contributed by atoms with van der Waals surface area (Å²) in [7, 11) is 1.38. The summed E-state index contributed by atoms with van der Waals surface area (Å²) in [6, 6.07) is 5.15. The molecule has 0 aliphatic rings. The Labute approximate surface area is 166 Å². The number of rotatable bonds is 15. The molecule has 0 saturated carbocycles. The zero-order valence-electron chi connectivity index (χ0n) is 16.7. The Bertz CT molecular complexity index is 567. The topological polar surface area (TPSA) is 126 Å². The number of hydrogen-bond donors (Lipinski definition) is 3. The van der Waals surface area contributed by atoms with Crippen LogP contribution in [-0.2, 0) is 9.53 Å². The maximum absolute atomic E-state index is 12.5. The highest BCUT2D eigenvalue weighted by atomic mass is 16.5. The summed E-state index contributed by atoms with van der Waals surface area (Å²) in [5.41, 5.74) is 11.5. The molecule has 0 aliphatic carbocycles. The smallest absolute Gasteiger partial charge is 0.305 e. The van der Waals surface area contributed by atoms with E-state index in [0.29, 0.717) is 56.3 Å². The third-order valence-electron chi connectivity index (χ3n) is 3.95. The number of esters is 1. The Morgan fingerprint density at radius 1 is 0.893 bits per heavy atom. The lowest BCUT2D eigenvalue weighted by Gasteiger charge is -2.12. The molecule has 8 nitrogen and oxygen atoms in total. The second kappa shape index (κ2) is 14.7. The maximum Gasteiger partial charge on any atom is 0.305 e. The molecule has 1 aromatic carbocycles. The van der Waals surface area contributed by atoms with Crippen LogP contribution in [0.2, 0.25) is 0 Å². The molecule has 0 heterocycles. The van der Waals surface area contributed by atoms with Crippen LogP contribution in [0.25, 0.3) is 0 Å². The van der Waals surface area contributed by atoms with Crippen LogP contribution in [0.15, 0.2) is 18.2 Å². The zero-order valence-corrected chi connectivity index (χ0v) is 16.7. The van der Waals surface area contributed by atoms with Gasteiger partial charge < -0.3 is 31.0 Å². The molecular formula is C20H33N3O5. The molecule has 8 heteroatoms. The quantitative estimate of drug-likeness (QED) is 0.304. The number of carbonyl (C=O) groups is 2. The van der Waals surface area contributed by atoms with Gasteiger partial charge in [-0.1, -0.05) is 6.42 Å². The minimum absolute atomic E-state index is 0.194. The summed E-state index contributed by atoms with van der Waals surface area (Å²) in [6.45, 7) is 2.56. The first-order chi connectivity index (χ1) is 13.6. The van der Waals surface area contributed by atoms with Crippen LogP contribution in [0.5, 0.6) is 11.5 Å². The van der Waals surface area contributed by atoms with E-state index in [1.54, 1.807) is 18.2 Å². The van der Waals surface area contributed by atoms with Gasteiger partial charge in [-0.2, -0.15) is 0 Å². The molecule has 0 spiro atoms. The zero-order chi connectivity index (χ0) is 20.6. The van der Waals surface area contributed by atoms with Gasteiger partial charge in [-0.05, 0) is 50.9 Å². The summed E-state index contributed by atoms with van der Waals surface area (Å²) in [5, 5.41) is 2.88. The lowest BCUT2D eigenvalue weighted by Crippen LogP contribution is -2.24. The van der Waals surface area contributed by atoms with E-state index in [0.717, 1.165) is 32.1 Å². The average Bonchev–Trinajstić information content (AvgIpc) is 2.70. The van der Waals surface area contributed by atoms with Crippen LogP contribution < -0.4 is 26.3 Å². The van der Waals surface area contributed by atoms with Gasteiger partial charge in [-0.3, -0.25) is 9.59 Å². The van der Waals surface area contributed by atoms with Crippen molar-refractivity contribution in [2.75, 3.05) is 40.0 Å². The predicted octanol–water partition coefficient (Wildman–Crippen LogP) is 1.61. The average molecular weight is 396 g/mol. The third kappa shape index (κ3) is 10.1.